The van der Waals surface area contributed by atoms with Crippen LogP contribution < -0.4 is 0 Å². The van der Waals surface area contributed by atoms with Crippen LogP contribution >= 0.6 is 0 Å². The van der Waals surface area contributed by atoms with Crippen molar-refractivity contribution in [3.8, 4) is 0 Å². The van der Waals surface area contributed by atoms with Crippen molar-refractivity contribution >= 4 is 0 Å². The molecule has 11 heavy (non-hydrogen) atoms. The molecule has 0 aliphatic heterocycles. The number of aromatic nitrogens is 3. The first-order valence-electron chi connectivity index (χ1n) is 3.46. The lowest BCUT2D eigenvalue weighted by molar-refractivity contribution is 0.250. The lowest BCUT2D eigenvalue weighted by Crippen LogP contribution is -2.03. The molecule has 0 unspecified atom stereocenters. The maximum atomic E-state index is 8.84. The summed E-state index contributed by atoms with van der Waals surface area (Å²) in [6, 6.07) is 0. The average Bonchev–Trinajstić information content (AvgIpc) is 2.45. The molecule has 0 aliphatic carbocycles. The SMILES string of the molecule is CCn1nnc(CO)c1CO. The topological polar surface area (TPSA) is 71.2 Å². The van der Waals surface area contributed by atoms with Crippen molar-refractivity contribution in [2.45, 2.75) is 26.7 Å². The van der Waals surface area contributed by atoms with Gasteiger partial charge in [0.05, 0.1) is 18.9 Å². The van der Waals surface area contributed by atoms with Crippen LogP contribution in [0, 0.1) is 0 Å². The Labute approximate surface area is 64.3 Å². The molecule has 2 N–H and O–H groups in total. The van der Waals surface area contributed by atoms with Gasteiger partial charge in [0, 0.05) is 6.54 Å². The first kappa shape index (κ1) is 8.16. The predicted octanol–water partition coefficient (Wildman–Crippen LogP) is -0.717. The van der Waals surface area contributed by atoms with Crippen molar-refractivity contribution in [1.29, 1.82) is 0 Å². The lowest BCUT2D eigenvalue weighted by atomic mass is 10.3. The monoisotopic (exact) mass is 157 g/mol. The van der Waals surface area contributed by atoms with Gasteiger partial charge in [-0.2, -0.15) is 0 Å². The molecule has 1 rings (SSSR count). The van der Waals surface area contributed by atoms with E-state index in [9.17, 15) is 0 Å². The van der Waals surface area contributed by atoms with Crippen LogP contribution in [0.25, 0.3) is 0 Å². The van der Waals surface area contributed by atoms with Crippen LogP contribution in [0.5, 0.6) is 0 Å². The number of rotatable bonds is 3. The Morgan fingerprint density at radius 2 is 2.09 bits per heavy atom. The summed E-state index contributed by atoms with van der Waals surface area (Å²) in [5.41, 5.74) is 1.05. The largest absolute Gasteiger partial charge is 0.390 e. The highest BCUT2D eigenvalue weighted by Gasteiger charge is 2.08. The van der Waals surface area contributed by atoms with Gasteiger partial charge in [-0.05, 0) is 6.92 Å². The van der Waals surface area contributed by atoms with Crippen molar-refractivity contribution in [3.63, 3.8) is 0 Å². The third kappa shape index (κ3) is 1.38. The fourth-order valence-electron chi connectivity index (χ4n) is 0.919. The summed E-state index contributed by atoms with van der Waals surface area (Å²) in [6.45, 7) is 2.25. The van der Waals surface area contributed by atoms with Gasteiger partial charge in [0.25, 0.3) is 0 Å². The fourth-order valence-corrected chi connectivity index (χ4v) is 0.919. The second-order valence-electron chi connectivity index (χ2n) is 2.11. The number of hydrogen-bond donors (Lipinski definition) is 2. The van der Waals surface area contributed by atoms with Gasteiger partial charge in [-0.25, -0.2) is 4.68 Å². The maximum absolute atomic E-state index is 8.84. The summed E-state index contributed by atoms with van der Waals surface area (Å²) in [4.78, 5) is 0. The molecule has 62 valence electrons. The van der Waals surface area contributed by atoms with Gasteiger partial charge in [0.2, 0.25) is 0 Å². The predicted molar refractivity (Wildman–Crippen MR) is 37.5 cm³/mol. The molecule has 0 radical (unpaired) electrons. The zero-order valence-electron chi connectivity index (χ0n) is 6.36. The first-order chi connectivity index (χ1) is 5.33. The van der Waals surface area contributed by atoms with Crippen LogP contribution in [0.4, 0.5) is 0 Å². The van der Waals surface area contributed by atoms with E-state index in [1.807, 2.05) is 6.92 Å². The molecule has 5 nitrogen and oxygen atoms in total. The summed E-state index contributed by atoms with van der Waals surface area (Å²) in [6.07, 6.45) is 0. The zero-order chi connectivity index (χ0) is 8.27. The molecule has 1 aromatic rings. The van der Waals surface area contributed by atoms with E-state index in [2.05, 4.69) is 10.3 Å². The quantitative estimate of drug-likeness (QED) is 0.607. The van der Waals surface area contributed by atoms with Gasteiger partial charge in [-0.15, -0.1) is 5.10 Å². The number of aliphatic hydroxyl groups excluding tert-OH is 2. The molecule has 0 aromatic carbocycles. The van der Waals surface area contributed by atoms with Gasteiger partial charge in [-0.3, -0.25) is 0 Å². The van der Waals surface area contributed by atoms with Gasteiger partial charge in [-0.1, -0.05) is 5.21 Å². The molecule has 0 fully saturated rings. The minimum atomic E-state index is -0.171. The highest BCUT2D eigenvalue weighted by molar-refractivity contribution is 5.07. The van der Waals surface area contributed by atoms with Crippen molar-refractivity contribution in [2.75, 3.05) is 0 Å². The Bertz CT molecular complexity index is 212. The van der Waals surface area contributed by atoms with E-state index < -0.39 is 0 Å². The normalized spacial score (nSPS) is 10.5. The molecule has 0 aliphatic rings. The van der Waals surface area contributed by atoms with Gasteiger partial charge in [0.15, 0.2) is 0 Å². The summed E-state index contributed by atoms with van der Waals surface area (Å²) < 4.78 is 1.56. The second-order valence-corrected chi connectivity index (χ2v) is 2.11. The van der Waals surface area contributed by atoms with E-state index in [0.29, 0.717) is 17.9 Å². The van der Waals surface area contributed by atoms with Crippen LogP contribution in [-0.4, -0.2) is 25.2 Å². The van der Waals surface area contributed by atoms with Crippen LogP contribution in [0.15, 0.2) is 0 Å². The van der Waals surface area contributed by atoms with Gasteiger partial charge in [0.1, 0.15) is 5.69 Å². The van der Waals surface area contributed by atoms with Crippen LogP contribution in [0.2, 0.25) is 0 Å². The molecule has 0 bridgehead atoms. The Kier molecular flexibility index (Phi) is 2.56. The zero-order valence-corrected chi connectivity index (χ0v) is 6.36. The van der Waals surface area contributed by atoms with Gasteiger partial charge < -0.3 is 10.2 Å². The highest BCUT2D eigenvalue weighted by Crippen LogP contribution is 2.04. The van der Waals surface area contributed by atoms with Crippen molar-refractivity contribution in [3.05, 3.63) is 11.4 Å². The fraction of sp³-hybridized carbons (Fsp3) is 0.667. The Hall–Kier alpha value is -0.940. The van der Waals surface area contributed by atoms with E-state index in [-0.39, 0.29) is 13.2 Å². The number of aryl methyl sites for hydroxylation is 1. The smallest absolute Gasteiger partial charge is 0.114 e. The van der Waals surface area contributed by atoms with E-state index in [4.69, 9.17) is 10.2 Å². The molecule has 1 heterocycles. The maximum Gasteiger partial charge on any atom is 0.114 e. The Balaban J connectivity index is 2.99. The Morgan fingerprint density at radius 3 is 2.55 bits per heavy atom. The molecule has 1 aromatic heterocycles. The van der Waals surface area contributed by atoms with Crippen molar-refractivity contribution in [2.24, 2.45) is 0 Å². The molecule has 0 atom stereocenters. The molecule has 5 heteroatoms. The van der Waals surface area contributed by atoms with Crippen LogP contribution in [0.3, 0.4) is 0 Å². The number of aliphatic hydroxyl groups is 2. The molecular weight excluding hydrogens is 146 g/mol. The third-order valence-electron chi connectivity index (χ3n) is 1.52. The highest BCUT2D eigenvalue weighted by atomic mass is 16.3. The third-order valence-corrected chi connectivity index (χ3v) is 1.52. The molecular formula is C6H11N3O2. The number of hydrogen-bond acceptors (Lipinski definition) is 4. The summed E-state index contributed by atoms with van der Waals surface area (Å²) in [5, 5.41) is 25.0. The van der Waals surface area contributed by atoms with E-state index >= 15 is 0 Å². The summed E-state index contributed by atoms with van der Waals surface area (Å²) >= 11 is 0. The summed E-state index contributed by atoms with van der Waals surface area (Å²) in [7, 11) is 0. The minimum absolute atomic E-state index is 0.128. The molecule has 0 saturated carbocycles. The van der Waals surface area contributed by atoms with Gasteiger partial charge >= 0.3 is 0 Å². The molecule has 0 spiro atoms. The Morgan fingerprint density at radius 1 is 1.36 bits per heavy atom. The molecule has 0 amide bonds. The first-order valence-corrected chi connectivity index (χ1v) is 3.46. The van der Waals surface area contributed by atoms with E-state index in [0.717, 1.165) is 0 Å². The lowest BCUT2D eigenvalue weighted by Gasteiger charge is -1.99. The standard InChI is InChI=1S/C6H11N3O2/c1-2-9-6(4-11)5(3-10)7-8-9/h10-11H,2-4H2,1H3. The van der Waals surface area contributed by atoms with Crippen molar-refractivity contribution < 1.29 is 10.2 Å². The van der Waals surface area contributed by atoms with E-state index in [1.165, 1.54) is 0 Å². The second kappa shape index (κ2) is 3.45. The molecule has 0 saturated heterocycles. The van der Waals surface area contributed by atoms with Crippen LogP contribution in [-0.2, 0) is 19.8 Å². The summed E-state index contributed by atoms with van der Waals surface area (Å²) in [5.74, 6) is 0. The number of nitrogens with zero attached hydrogens (tertiary/aromatic N) is 3. The van der Waals surface area contributed by atoms with E-state index in [1.54, 1.807) is 4.68 Å². The van der Waals surface area contributed by atoms with Crippen molar-refractivity contribution in [1.82, 2.24) is 15.0 Å². The van der Waals surface area contributed by atoms with Crippen LogP contribution in [0.1, 0.15) is 18.3 Å². The average molecular weight is 157 g/mol. The minimum Gasteiger partial charge on any atom is -0.390 e.